The summed E-state index contributed by atoms with van der Waals surface area (Å²) in [5, 5.41) is 8.75. The first-order chi connectivity index (χ1) is 9.38. The van der Waals surface area contributed by atoms with Crippen LogP contribution in [0.2, 0.25) is 0 Å². The molecule has 2 heterocycles. The molecule has 0 bridgehead atoms. The normalized spacial score (nSPS) is 15.0. The Hall–Kier alpha value is -2.18. The van der Waals surface area contributed by atoms with Crippen molar-refractivity contribution in [3.63, 3.8) is 0 Å². The summed E-state index contributed by atoms with van der Waals surface area (Å²) >= 11 is 0. The number of carbonyl (C=O) groups is 2. The Morgan fingerprint density at radius 1 is 1.40 bits per heavy atom. The molecule has 0 atom stereocenters. The SMILES string of the molecule is Cc1nc(C)c(CCC(=O)N2CC(C(=O)O)C2)c(=O)[nH]1. The highest BCUT2D eigenvalue weighted by molar-refractivity contribution is 5.81. The van der Waals surface area contributed by atoms with Gasteiger partial charge in [-0.1, -0.05) is 0 Å². The van der Waals surface area contributed by atoms with Gasteiger partial charge in [0.2, 0.25) is 5.91 Å². The zero-order valence-electron chi connectivity index (χ0n) is 11.5. The summed E-state index contributed by atoms with van der Waals surface area (Å²) < 4.78 is 0. The van der Waals surface area contributed by atoms with Gasteiger partial charge in [0.1, 0.15) is 5.82 Å². The maximum atomic E-state index is 11.9. The standard InChI is InChI=1S/C13H17N3O4/c1-7-10(12(18)15-8(2)14-7)3-4-11(17)16-5-9(6-16)13(19)20/h9H,3-6H2,1-2H3,(H,19,20)(H,14,15,18). The van der Waals surface area contributed by atoms with E-state index in [1.807, 2.05) is 0 Å². The molecule has 0 unspecified atom stereocenters. The Labute approximate surface area is 115 Å². The average Bonchev–Trinajstić information content (AvgIpc) is 2.24. The summed E-state index contributed by atoms with van der Waals surface area (Å²) in [5.41, 5.74) is 0.931. The van der Waals surface area contributed by atoms with E-state index in [1.165, 1.54) is 4.90 Å². The van der Waals surface area contributed by atoms with Crippen molar-refractivity contribution in [3.05, 3.63) is 27.4 Å². The molecular formula is C13H17N3O4. The molecule has 0 aliphatic carbocycles. The van der Waals surface area contributed by atoms with Crippen LogP contribution in [-0.4, -0.2) is 44.9 Å². The number of aryl methyl sites for hydroxylation is 2. The highest BCUT2D eigenvalue weighted by atomic mass is 16.4. The number of carboxylic acid groups (broad SMARTS) is 1. The molecule has 1 aromatic rings. The topological polar surface area (TPSA) is 103 Å². The smallest absolute Gasteiger partial charge is 0.310 e. The average molecular weight is 279 g/mol. The largest absolute Gasteiger partial charge is 0.481 e. The van der Waals surface area contributed by atoms with Gasteiger partial charge in [-0.05, 0) is 20.3 Å². The number of aromatic nitrogens is 2. The first kappa shape index (κ1) is 14.2. The Morgan fingerprint density at radius 2 is 2.05 bits per heavy atom. The molecule has 2 rings (SSSR count). The van der Waals surface area contributed by atoms with Crippen molar-refractivity contribution in [1.29, 1.82) is 0 Å². The van der Waals surface area contributed by atoms with Gasteiger partial charge in [0, 0.05) is 30.8 Å². The molecule has 0 spiro atoms. The van der Waals surface area contributed by atoms with Crippen LogP contribution in [0, 0.1) is 19.8 Å². The van der Waals surface area contributed by atoms with E-state index in [9.17, 15) is 14.4 Å². The Kier molecular flexibility index (Phi) is 3.87. The van der Waals surface area contributed by atoms with E-state index in [0.717, 1.165) is 0 Å². The summed E-state index contributed by atoms with van der Waals surface area (Å²) in [6.45, 7) is 3.97. The molecule has 1 aromatic heterocycles. The maximum Gasteiger partial charge on any atom is 0.310 e. The van der Waals surface area contributed by atoms with Crippen molar-refractivity contribution in [2.45, 2.75) is 26.7 Å². The van der Waals surface area contributed by atoms with Crippen molar-refractivity contribution in [2.24, 2.45) is 5.92 Å². The molecule has 0 saturated carbocycles. The van der Waals surface area contributed by atoms with Crippen LogP contribution < -0.4 is 5.56 Å². The van der Waals surface area contributed by atoms with Crippen LogP contribution in [0.3, 0.4) is 0 Å². The number of aliphatic carboxylic acids is 1. The molecule has 7 nitrogen and oxygen atoms in total. The first-order valence-corrected chi connectivity index (χ1v) is 6.45. The van der Waals surface area contributed by atoms with Crippen LogP contribution in [0.5, 0.6) is 0 Å². The zero-order chi connectivity index (χ0) is 14.9. The molecular weight excluding hydrogens is 262 g/mol. The number of rotatable bonds is 4. The molecule has 0 radical (unpaired) electrons. The molecule has 1 saturated heterocycles. The van der Waals surface area contributed by atoms with Gasteiger partial charge < -0.3 is 15.0 Å². The molecule has 1 aliphatic heterocycles. The van der Waals surface area contributed by atoms with E-state index in [4.69, 9.17) is 5.11 Å². The van der Waals surface area contributed by atoms with Gasteiger partial charge in [-0.15, -0.1) is 0 Å². The molecule has 20 heavy (non-hydrogen) atoms. The van der Waals surface area contributed by atoms with Gasteiger partial charge >= 0.3 is 5.97 Å². The van der Waals surface area contributed by atoms with Crippen molar-refractivity contribution >= 4 is 11.9 Å². The lowest BCUT2D eigenvalue weighted by Crippen LogP contribution is -2.53. The number of aromatic amines is 1. The number of carbonyl (C=O) groups excluding carboxylic acids is 1. The van der Waals surface area contributed by atoms with Crippen LogP contribution in [0.1, 0.15) is 23.5 Å². The maximum absolute atomic E-state index is 11.9. The molecule has 7 heteroatoms. The third-order valence-corrected chi connectivity index (χ3v) is 3.51. The van der Waals surface area contributed by atoms with Crippen LogP contribution in [0.4, 0.5) is 0 Å². The van der Waals surface area contributed by atoms with Gasteiger partial charge in [0.05, 0.1) is 5.92 Å². The quantitative estimate of drug-likeness (QED) is 0.798. The predicted octanol–water partition coefficient (Wildman–Crippen LogP) is -0.138. The summed E-state index contributed by atoms with van der Waals surface area (Å²) in [6.07, 6.45) is 0.516. The third kappa shape index (κ3) is 2.87. The van der Waals surface area contributed by atoms with E-state index in [1.54, 1.807) is 13.8 Å². The molecule has 1 aliphatic rings. The lowest BCUT2D eigenvalue weighted by atomic mass is 9.99. The Balaban J connectivity index is 1.92. The first-order valence-electron chi connectivity index (χ1n) is 6.45. The number of nitrogens with one attached hydrogen (secondary N) is 1. The number of amides is 1. The van der Waals surface area contributed by atoms with Crippen LogP contribution in [0.15, 0.2) is 4.79 Å². The van der Waals surface area contributed by atoms with Crippen LogP contribution >= 0.6 is 0 Å². The Morgan fingerprint density at radius 3 is 2.60 bits per heavy atom. The second-order valence-electron chi connectivity index (χ2n) is 5.05. The van der Waals surface area contributed by atoms with E-state index < -0.39 is 11.9 Å². The fourth-order valence-corrected chi connectivity index (χ4v) is 2.27. The fourth-order valence-electron chi connectivity index (χ4n) is 2.27. The second kappa shape index (κ2) is 5.44. The van der Waals surface area contributed by atoms with E-state index in [-0.39, 0.29) is 31.0 Å². The van der Waals surface area contributed by atoms with Crippen LogP contribution in [-0.2, 0) is 16.0 Å². The Bertz CT molecular complexity index is 602. The van der Waals surface area contributed by atoms with E-state index in [2.05, 4.69) is 9.97 Å². The minimum atomic E-state index is -0.871. The number of hydrogen-bond acceptors (Lipinski definition) is 4. The molecule has 108 valence electrons. The lowest BCUT2D eigenvalue weighted by Gasteiger charge is -2.36. The van der Waals surface area contributed by atoms with Crippen molar-refractivity contribution in [1.82, 2.24) is 14.9 Å². The molecule has 1 fully saturated rings. The predicted molar refractivity (Wildman–Crippen MR) is 70.4 cm³/mol. The summed E-state index contributed by atoms with van der Waals surface area (Å²) in [4.78, 5) is 42.6. The molecule has 2 N–H and O–H groups in total. The van der Waals surface area contributed by atoms with Crippen LogP contribution in [0.25, 0.3) is 0 Å². The van der Waals surface area contributed by atoms with Gasteiger partial charge in [0.25, 0.3) is 5.56 Å². The van der Waals surface area contributed by atoms with Crippen molar-refractivity contribution in [3.8, 4) is 0 Å². The van der Waals surface area contributed by atoms with Gasteiger partial charge in [0.15, 0.2) is 0 Å². The number of hydrogen-bond donors (Lipinski definition) is 2. The number of nitrogens with zero attached hydrogens (tertiary/aromatic N) is 2. The van der Waals surface area contributed by atoms with Gasteiger partial charge in [-0.2, -0.15) is 0 Å². The van der Waals surface area contributed by atoms with Gasteiger partial charge in [-0.3, -0.25) is 14.4 Å². The highest BCUT2D eigenvalue weighted by Gasteiger charge is 2.35. The van der Waals surface area contributed by atoms with Crippen molar-refractivity contribution in [2.75, 3.05) is 13.1 Å². The summed E-state index contributed by atoms with van der Waals surface area (Å²) in [7, 11) is 0. The third-order valence-electron chi connectivity index (χ3n) is 3.51. The highest BCUT2D eigenvalue weighted by Crippen LogP contribution is 2.17. The summed E-state index contributed by atoms with van der Waals surface area (Å²) in [6, 6.07) is 0. The number of carboxylic acids is 1. The molecule has 0 aromatic carbocycles. The molecule has 1 amide bonds. The second-order valence-corrected chi connectivity index (χ2v) is 5.05. The minimum Gasteiger partial charge on any atom is -0.481 e. The number of likely N-dealkylation sites (tertiary alicyclic amines) is 1. The minimum absolute atomic E-state index is 0.123. The van der Waals surface area contributed by atoms with Gasteiger partial charge in [-0.25, -0.2) is 4.98 Å². The monoisotopic (exact) mass is 279 g/mol. The lowest BCUT2D eigenvalue weighted by molar-refractivity contribution is -0.152. The van der Waals surface area contributed by atoms with E-state index in [0.29, 0.717) is 23.5 Å². The number of H-pyrrole nitrogens is 1. The summed E-state index contributed by atoms with van der Waals surface area (Å²) in [5.74, 6) is -0.898. The van der Waals surface area contributed by atoms with Crippen molar-refractivity contribution < 1.29 is 14.7 Å². The fraction of sp³-hybridized carbons (Fsp3) is 0.538. The zero-order valence-corrected chi connectivity index (χ0v) is 11.5. The van der Waals surface area contributed by atoms with E-state index >= 15 is 0 Å².